The van der Waals surface area contributed by atoms with Crippen LogP contribution in [-0.4, -0.2) is 31.3 Å². The largest absolute Gasteiger partial charge is 0.508 e. The van der Waals surface area contributed by atoms with Crippen LogP contribution in [0.5, 0.6) is 5.75 Å². The number of benzene rings is 3. The van der Waals surface area contributed by atoms with Crippen molar-refractivity contribution < 1.29 is 5.11 Å². The number of nitrogens with one attached hydrogen (secondary N) is 1. The molecule has 0 spiro atoms. The lowest BCUT2D eigenvalue weighted by Crippen LogP contribution is -2.43. The number of rotatable bonds is 3. The molecule has 3 aromatic rings. The monoisotopic (exact) mass is 384 g/mol. The number of phenolic OH excluding ortho intramolecular Hbond substituents is 1. The lowest BCUT2D eigenvalue weighted by atomic mass is 9.69. The number of aryl methyl sites for hydroxylation is 1. The molecule has 1 unspecified atom stereocenters. The zero-order valence-electron chi connectivity index (χ0n) is 16.7. The second kappa shape index (κ2) is 7.92. The molecule has 3 heteroatoms. The zero-order valence-corrected chi connectivity index (χ0v) is 16.7. The maximum Gasteiger partial charge on any atom is 0.115 e. The van der Waals surface area contributed by atoms with E-state index in [0.29, 0.717) is 17.6 Å². The maximum absolute atomic E-state index is 10.00. The van der Waals surface area contributed by atoms with Crippen molar-refractivity contribution in [2.45, 2.75) is 24.7 Å². The maximum atomic E-state index is 10.00. The van der Waals surface area contributed by atoms with Crippen LogP contribution in [0.15, 0.2) is 72.8 Å². The van der Waals surface area contributed by atoms with E-state index >= 15 is 0 Å². The summed E-state index contributed by atoms with van der Waals surface area (Å²) in [4.78, 5) is 2.46. The topological polar surface area (TPSA) is 35.5 Å². The molecule has 0 radical (unpaired) electrons. The highest BCUT2D eigenvalue weighted by Crippen LogP contribution is 2.47. The van der Waals surface area contributed by atoms with Gasteiger partial charge < -0.3 is 15.3 Å². The van der Waals surface area contributed by atoms with Crippen LogP contribution in [0.4, 0.5) is 5.69 Å². The Morgan fingerprint density at radius 1 is 0.828 bits per heavy atom. The number of aromatic hydroxyl groups is 1. The molecule has 0 bridgehead atoms. The first-order chi connectivity index (χ1) is 14.3. The summed E-state index contributed by atoms with van der Waals surface area (Å²) in [5.41, 5.74) is 6.73. The average molecular weight is 385 g/mol. The van der Waals surface area contributed by atoms with E-state index in [1.807, 2.05) is 12.1 Å². The molecule has 0 aromatic heterocycles. The standard InChI is InChI=1S/C26H28N2O/c29-23-11-13-25-21(18-23)8-12-24(19-4-2-1-3-5-19)26(25)20-6-9-22(10-7-20)28-16-14-27-15-17-28/h1-7,9-11,13,18,24,26-27,29H,8,12,14-17H2/t24-,26?/m1/s1. The molecule has 2 N–H and O–H groups in total. The molecular weight excluding hydrogens is 356 g/mol. The normalized spacial score (nSPS) is 21.6. The van der Waals surface area contributed by atoms with Crippen LogP contribution in [0.2, 0.25) is 0 Å². The van der Waals surface area contributed by atoms with Crippen molar-refractivity contribution in [1.82, 2.24) is 5.32 Å². The molecule has 3 nitrogen and oxygen atoms in total. The van der Waals surface area contributed by atoms with Crippen molar-refractivity contribution in [3.8, 4) is 5.75 Å². The minimum Gasteiger partial charge on any atom is -0.508 e. The minimum absolute atomic E-state index is 0.318. The summed E-state index contributed by atoms with van der Waals surface area (Å²) >= 11 is 0. The van der Waals surface area contributed by atoms with Crippen molar-refractivity contribution in [1.29, 1.82) is 0 Å². The molecule has 2 atom stereocenters. The molecule has 0 saturated carbocycles. The highest BCUT2D eigenvalue weighted by Gasteiger charge is 2.32. The van der Waals surface area contributed by atoms with Crippen molar-refractivity contribution in [2.24, 2.45) is 0 Å². The summed E-state index contributed by atoms with van der Waals surface area (Å²) in [6, 6.07) is 26.1. The first-order valence-electron chi connectivity index (χ1n) is 10.7. The minimum atomic E-state index is 0.318. The Hall–Kier alpha value is -2.78. The second-order valence-electron chi connectivity index (χ2n) is 8.25. The lowest BCUT2D eigenvalue weighted by molar-refractivity contribution is 0.469. The molecule has 1 aliphatic carbocycles. The molecule has 5 rings (SSSR count). The Kier molecular flexibility index (Phi) is 4.99. The summed E-state index contributed by atoms with van der Waals surface area (Å²) < 4.78 is 0. The van der Waals surface area contributed by atoms with E-state index in [4.69, 9.17) is 0 Å². The number of hydrogen-bond donors (Lipinski definition) is 2. The molecule has 2 aliphatic rings. The lowest BCUT2D eigenvalue weighted by Gasteiger charge is -2.35. The first kappa shape index (κ1) is 18.3. The average Bonchev–Trinajstić information content (AvgIpc) is 2.79. The molecule has 148 valence electrons. The number of piperazine rings is 1. The number of hydrogen-bond acceptors (Lipinski definition) is 3. The third-order valence-electron chi connectivity index (χ3n) is 6.55. The SMILES string of the molecule is Oc1ccc2c(c1)CC[C@H](c1ccccc1)C2c1ccc(N2CCNCC2)cc1. The summed E-state index contributed by atoms with van der Waals surface area (Å²) in [6.07, 6.45) is 2.11. The first-order valence-corrected chi connectivity index (χ1v) is 10.7. The highest BCUT2D eigenvalue weighted by atomic mass is 16.3. The van der Waals surface area contributed by atoms with Crippen LogP contribution in [0.3, 0.4) is 0 Å². The van der Waals surface area contributed by atoms with Crippen LogP contribution in [0, 0.1) is 0 Å². The van der Waals surface area contributed by atoms with Gasteiger partial charge in [-0.15, -0.1) is 0 Å². The van der Waals surface area contributed by atoms with Gasteiger partial charge in [0.15, 0.2) is 0 Å². The van der Waals surface area contributed by atoms with Gasteiger partial charge in [0.1, 0.15) is 5.75 Å². The van der Waals surface area contributed by atoms with E-state index < -0.39 is 0 Å². The predicted molar refractivity (Wildman–Crippen MR) is 119 cm³/mol. The van der Waals surface area contributed by atoms with E-state index in [1.165, 1.54) is 27.9 Å². The van der Waals surface area contributed by atoms with Gasteiger partial charge in [-0.3, -0.25) is 0 Å². The molecule has 0 amide bonds. The van der Waals surface area contributed by atoms with Gasteiger partial charge in [-0.1, -0.05) is 48.5 Å². The number of nitrogens with zero attached hydrogens (tertiary/aromatic N) is 1. The molecule has 3 aromatic carbocycles. The smallest absolute Gasteiger partial charge is 0.115 e. The second-order valence-corrected chi connectivity index (χ2v) is 8.25. The molecule has 1 heterocycles. The van der Waals surface area contributed by atoms with Gasteiger partial charge in [0.05, 0.1) is 0 Å². The Morgan fingerprint density at radius 2 is 1.59 bits per heavy atom. The van der Waals surface area contributed by atoms with Gasteiger partial charge in [0, 0.05) is 37.8 Å². The Bertz CT molecular complexity index is 962. The van der Waals surface area contributed by atoms with Crippen LogP contribution in [0.25, 0.3) is 0 Å². The van der Waals surface area contributed by atoms with Gasteiger partial charge in [0.2, 0.25) is 0 Å². The van der Waals surface area contributed by atoms with Gasteiger partial charge in [-0.25, -0.2) is 0 Å². The molecule has 29 heavy (non-hydrogen) atoms. The van der Waals surface area contributed by atoms with Crippen LogP contribution < -0.4 is 10.2 Å². The fourth-order valence-corrected chi connectivity index (χ4v) is 5.09. The van der Waals surface area contributed by atoms with E-state index in [2.05, 4.69) is 70.9 Å². The van der Waals surface area contributed by atoms with Gasteiger partial charge >= 0.3 is 0 Å². The summed E-state index contributed by atoms with van der Waals surface area (Å²) in [5.74, 6) is 1.15. The van der Waals surface area contributed by atoms with E-state index in [9.17, 15) is 5.11 Å². The third kappa shape index (κ3) is 3.63. The van der Waals surface area contributed by atoms with Crippen LogP contribution in [-0.2, 0) is 6.42 Å². The number of anilines is 1. The Labute approximate surface area is 173 Å². The third-order valence-corrected chi connectivity index (χ3v) is 6.55. The quantitative estimate of drug-likeness (QED) is 0.689. The Morgan fingerprint density at radius 3 is 2.34 bits per heavy atom. The van der Waals surface area contributed by atoms with E-state index in [0.717, 1.165) is 39.0 Å². The van der Waals surface area contributed by atoms with Gasteiger partial charge in [-0.05, 0) is 65.3 Å². The number of fused-ring (bicyclic) bond motifs is 1. The van der Waals surface area contributed by atoms with Crippen molar-refractivity contribution >= 4 is 5.69 Å². The summed E-state index contributed by atoms with van der Waals surface area (Å²) in [7, 11) is 0. The van der Waals surface area contributed by atoms with Gasteiger partial charge in [-0.2, -0.15) is 0 Å². The van der Waals surface area contributed by atoms with Crippen molar-refractivity contribution in [2.75, 3.05) is 31.1 Å². The predicted octanol–water partition coefficient (Wildman–Crippen LogP) is 4.66. The van der Waals surface area contributed by atoms with Crippen LogP contribution in [0.1, 0.15) is 40.5 Å². The molecule has 1 saturated heterocycles. The highest BCUT2D eigenvalue weighted by molar-refractivity contribution is 5.52. The molecule has 1 fully saturated rings. The molecule has 1 aliphatic heterocycles. The fourth-order valence-electron chi connectivity index (χ4n) is 5.09. The fraction of sp³-hybridized carbons (Fsp3) is 0.308. The van der Waals surface area contributed by atoms with Crippen molar-refractivity contribution in [3.63, 3.8) is 0 Å². The number of phenols is 1. The molecular formula is C26H28N2O. The summed E-state index contributed by atoms with van der Waals surface area (Å²) in [5, 5.41) is 13.4. The van der Waals surface area contributed by atoms with Crippen molar-refractivity contribution in [3.05, 3.63) is 95.1 Å². The summed E-state index contributed by atoms with van der Waals surface area (Å²) in [6.45, 7) is 4.24. The zero-order chi connectivity index (χ0) is 19.6. The van der Waals surface area contributed by atoms with Gasteiger partial charge in [0.25, 0.3) is 0 Å². The van der Waals surface area contributed by atoms with E-state index in [1.54, 1.807) is 0 Å². The van der Waals surface area contributed by atoms with E-state index in [-0.39, 0.29) is 0 Å². The van der Waals surface area contributed by atoms with Crippen LogP contribution >= 0.6 is 0 Å². The Balaban J connectivity index is 1.53.